The molecular formula is C8H7FN4O2S2. The molecule has 0 aliphatic rings. The molecule has 0 radical (unpaired) electrons. The quantitative estimate of drug-likeness (QED) is 0.872. The topological polar surface area (TPSA) is 98.0 Å². The van der Waals surface area contributed by atoms with E-state index in [2.05, 4.69) is 14.9 Å². The lowest BCUT2D eigenvalue weighted by Crippen LogP contribution is -2.12. The van der Waals surface area contributed by atoms with Crippen LogP contribution in [-0.4, -0.2) is 18.6 Å². The molecule has 6 nitrogen and oxygen atoms in total. The Morgan fingerprint density at radius 2 is 1.88 bits per heavy atom. The van der Waals surface area contributed by atoms with Crippen LogP contribution in [0.15, 0.2) is 28.6 Å². The largest absolute Gasteiger partial charge is 0.374 e. The smallest absolute Gasteiger partial charge is 0.291 e. The summed E-state index contributed by atoms with van der Waals surface area (Å²) in [7, 11) is -3.81. The van der Waals surface area contributed by atoms with Gasteiger partial charge in [-0.05, 0) is 24.3 Å². The normalized spacial score (nSPS) is 11.4. The summed E-state index contributed by atoms with van der Waals surface area (Å²) >= 11 is 0.748. The van der Waals surface area contributed by atoms with Crippen molar-refractivity contribution in [2.75, 3.05) is 10.5 Å². The number of nitrogens with zero attached hydrogens (tertiary/aromatic N) is 2. The lowest BCUT2D eigenvalue weighted by molar-refractivity contribution is 0.599. The third-order valence-electron chi connectivity index (χ3n) is 1.75. The van der Waals surface area contributed by atoms with Gasteiger partial charge in [0.1, 0.15) is 5.82 Å². The summed E-state index contributed by atoms with van der Waals surface area (Å²) in [5.41, 5.74) is 5.53. The van der Waals surface area contributed by atoms with E-state index in [1.807, 2.05) is 0 Å². The molecule has 0 saturated carbocycles. The highest BCUT2D eigenvalue weighted by Crippen LogP contribution is 2.20. The van der Waals surface area contributed by atoms with Gasteiger partial charge in [-0.1, -0.05) is 11.3 Å². The highest BCUT2D eigenvalue weighted by Gasteiger charge is 2.19. The number of benzene rings is 1. The number of nitrogens with two attached hydrogens (primary N) is 1. The fourth-order valence-electron chi connectivity index (χ4n) is 1.05. The lowest BCUT2D eigenvalue weighted by Gasteiger charge is -2.04. The minimum Gasteiger partial charge on any atom is -0.374 e. The average molecular weight is 274 g/mol. The Bertz CT molecular complexity index is 623. The molecule has 2 aromatic rings. The Balaban J connectivity index is 2.26. The van der Waals surface area contributed by atoms with Crippen molar-refractivity contribution in [3.05, 3.63) is 30.1 Å². The van der Waals surface area contributed by atoms with Crippen molar-refractivity contribution < 1.29 is 12.8 Å². The van der Waals surface area contributed by atoms with Gasteiger partial charge in [0.25, 0.3) is 14.4 Å². The zero-order valence-electron chi connectivity index (χ0n) is 8.29. The van der Waals surface area contributed by atoms with Gasteiger partial charge in [0.05, 0.1) is 0 Å². The van der Waals surface area contributed by atoms with Crippen LogP contribution in [0, 0.1) is 5.82 Å². The molecule has 0 saturated heterocycles. The molecule has 1 aromatic carbocycles. The number of anilines is 2. The van der Waals surface area contributed by atoms with E-state index in [1.165, 1.54) is 12.1 Å². The van der Waals surface area contributed by atoms with E-state index in [0.29, 0.717) is 0 Å². The maximum absolute atomic E-state index is 12.6. The van der Waals surface area contributed by atoms with E-state index in [4.69, 9.17) is 5.73 Å². The van der Waals surface area contributed by atoms with Gasteiger partial charge in [-0.2, -0.15) is 8.42 Å². The summed E-state index contributed by atoms with van der Waals surface area (Å²) in [5, 5.41) is 6.89. The second kappa shape index (κ2) is 4.26. The van der Waals surface area contributed by atoms with Gasteiger partial charge < -0.3 is 5.73 Å². The summed E-state index contributed by atoms with van der Waals surface area (Å²) in [6.07, 6.45) is 0. The summed E-state index contributed by atoms with van der Waals surface area (Å²) in [6.45, 7) is 0. The molecule has 0 bridgehead atoms. The maximum Gasteiger partial charge on any atom is 0.291 e. The van der Waals surface area contributed by atoms with Crippen molar-refractivity contribution in [2.45, 2.75) is 4.34 Å². The highest BCUT2D eigenvalue weighted by molar-refractivity contribution is 7.94. The Hall–Kier alpha value is -1.74. The fraction of sp³-hybridized carbons (Fsp3) is 0. The van der Waals surface area contributed by atoms with Crippen LogP contribution >= 0.6 is 11.3 Å². The third kappa shape index (κ3) is 2.68. The first-order valence-electron chi connectivity index (χ1n) is 4.35. The summed E-state index contributed by atoms with van der Waals surface area (Å²) < 4.78 is 38.1. The molecule has 1 heterocycles. The lowest BCUT2D eigenvalue weighted by atomic mass is 10.3. The molecule has 0 unspecified atom stereocenters. The van der Waals surface area contributed by atoms with E-state index in [0.717, 1.165) is 23.5 Å². The molecule has 0 aliphatic carbocycles. The van der Waals surface area contributed by atoms with E-state index in [9.17, 15) is 12.8 Å². The third-order valence-corrected chi connectivity index (χ3v) is 4.25. The monoisotopic (exact) mass is 274 g/mol. The van der Waals surface area contributed by atoms with Crippen LogP contribution in [0.25, 0.3) is 0 Å². The van der Waals surface area contributed by atoms with Crippen LogP contribution in [0.4, 0.5) is 15.2 Å². The number of halogens is 1. The fourth-order valence-corrected chi connectivity index (χ4v) is 2.89. The SMILES string of the molecule is Nc1nnc(S(=O)(=O)Nc2ccc(F)cc2)s1. The minimum atomic E-state index is -3.81. The summed E-state index contributed by atoms with van der Waals surface area (Å²) in [5.74, 6) is -0.451. The number of hydrogen-bond acceptors (Lipinski definition) is 6. The number of rotatable bonds is 3. The summed E-state index contributed by atoms with van der Waals surface area (Å²) in [4.78, 5) is 0. The Morgan fingerprint density at radius 3 is 2.41 bits per heavy atom. The van der Waals surface area contributed by atoms with E-state index < -0.39 is 15.8 Å². The maximum atomic E-state index is 12.6. The molecule has 0 fully saturated rings. The number of sulfonamides is 1. The van der Waals surface area contributed by atoms with Crippen molar-refractivity contribution in [3.63, 3.8) is 0 Å². The molecule has 3 N–H and O–H groups in total. The standard InChI is InChI=1S/C8H7FN4O2S2/c9-5-1-3-6(4-2-5)13-17(14,15)8-12-11-7(10)16-8/h1-4,13H,(H2,10,11). The first-order valence-corrected chi connectivity index (χ1v) is 6.65. The number of aromatic nitrogens is 2. The highest BCUT2D eigenvalue weighted by atomic mass is 32.2. The van der Waals surface area contributed by atoms with Gasteiger partial charge in [-0.25, -0.2) is 4.39 Å². The molecule has 0 spiro atoms. The van der Waals surface area contributed by atoms with Crippen LogP contribution in [0.2, 0.25) is 0 Å². The van der Waals surface area contributed by atoms with Crippen molar-refractivity contribution >= 4 is 32.2 Å². The second-order valence-electron chi connectivity index (χ2n) is 3.02. The average Bonchev–Trinajstić information content (AvgIpc) is 2.69. The van der Waals surface area contributed by atoms with E-state index in [-0.39, 0.29) is 15.2 Å². The second-order valence-corrected chi connectivity index (χ2v) is 5.88. The molecule has 90 valence electrons. The van der Waals surface area contributed by atoms with Crippen LogP contribution < -0.4 is 10.5 Å². The van der Waals surface area contributed by atoms with Crippen molar-refractivity contribution in [2.24, 2.45) is 0 Å². The van der Waals surface area contributed by atoms with Crippen molar-refractivity contribution in [3.8, 4) is 0 Å². The Labute approximate surface area is 100 Å². The molecule has 17 heavy (non-hydrogen) atoms. The van der Waals surface area contributed by atoms with E-state index >= 15 is 0 Å². The van der Waals surface area contributed by atoms with Crippen molar-refractivity contribution in [1.82, 2.24) is 10.2 Å². The summed E-state index contributed by atoms with van der Waals surface area (Å²) in [6, 6.07) is 4.90. The molecule has 0 aliphatic heterocycles. The molecule has 2 rings (SSSR count). The molecule has 1 aromatic heterocycles. The zero-order valence-corrected chi connectivity index (χ0v) is 9.93. The van der Waals surface area contributed by atoms with Crippen LogP contribution in [0.1, 0.15) is 0 Å². The molecule has 0 atom stereocenters. The van der Waals surface area contributed by atoms with Gasteiger partial charge in [-0.3, -0.25) is 4.72 Å². The number of hydrogen-bond donors (Lipinski definition) is 2. The van der Waals surface area contributed by atoms with Gasteiger partial charge in [0, 0.05) is 5.69 Å². The van der Waals surface area contributed by atoms with Crippen LogP contribution in [-0.2, 0) is 10.0 Å². The van der Waals surface area contributed by atoms with Crippen LogP contribution in [0.5, 0.6) is 0 Å². The predicted molar refractivity (Wildman–Crippen MR) is 61.5 cm³/mol. The van der Waals surface area contributed by atoms with Gasteiger partial charge in [0.2, 0.25) is 5.13 Å². The van der Waals surface area contributed by atoms with Crippen LogP contribution in [0.3, 0.4) is 0 Å². The first-order chi connectivity index (χ1) is 7.97. The number of nitrogen functional groups attached to an aromatic ring is 1. The number of nitrogens with one attached hydrogen (secondary N) is 1. The van der Waals surface area contributed by atoms with Gasteiger partial charge in [-0.15, -0.1) is 10.2 Å². The van der Waals surface area contributed by atoms with Gasteiger partial charge in [0.15, 0.2) is 0 Å². The molecular weight excluding hydrogens is 267 g/mol. The van der Waals surface area contributed by atoms with Crippen molar-refractivity contribution in [1.29, 1.82) is 0 Å². The first kappa shape index (κ1) is 11.7. The Morgan fingerprint density at radius 1 is 1.24 bits per heavy atom. The van der Waals surface area contributed by atoms with Gasteiger partial charge >= 0.3 is 0 Å². The predicted octanol–water partition coefficient (Wildman–Crippen LogP) is 1.06. The zero-order chi connectivity index (χ0) is 12.5. The molecule has 9 heteroatoms. The van der Waals surface area contributed by atoms with E-state index in [1.54, 1.807) is 0 Å². The minimum absolute atomic E-state index is 0.0597. The Kier molecular flexibility index (Phi) is 2.94. The molecule has 0 amide bonds.